The van der Waals surface area contributed by atoms with Crippen LogP contribution in [0.1, 0.15) is 38.5 Å². The van der Waals surface area contributed by atoms with Gasteiger partial charge < -0.3 is 4.43 Å². The van der Waals surface area contributed by atoms with Crippen molar-refractivity contribution in [1.82, 2.24) is 0 Å². The first-order chi connectivity index (χ1) is 9.55. The Kier molecular flexibility index (Phi) is 2.91. The minimum Gasteiger partial charge on any atom is -0.407 e. The minimum atomic E-state index is -1.76. The molecule has 0 aliphatic heterocycles. The third kappa shape index (κ3) is 2.17. The fourth-order valence-corrected chi connectivity index (χ4v) is 8.04. The van der Waals surface area contributed by atoms with Gasteiger partial charge in [-0.05, 0) is 74.6 Å². The van der Waals surface area contributed by atoms with Gasteiger partial charge in [-0.3, -0.25) is 0 Å². The van der Waals surface area contributed by atoms with Crippen LogP contribution in [0.2, 0.25) is 13.1 Å². The Morgan fingerprint density at radius 1 is 0.900 bits per heavy atom. The Balaban J connectivity index is 1.59. The summed E-state index contributed by atoms with van der Waals surface area (Å²) in [6.45, 7) is 4.78. The van der Waals surface area contributed by atoms with Gasteiger partial charge in [-0.2, -0.15) is 0 Å². The fourth-order valence-electron chi connectivity index (χ4n) is 5.60. The van der Waals surface area contributed by atoms with Gasteiger partial charge in [0.2, 0.25) is 8.32 Å². The van der Waals surface area contributed by atoms with Crippen LogP contribution in [0.5, 0.6) is 0 Å². The Bertz CT molecular complexity index is 458. The average Bonchev–Trinajstić information content (AvgIpc) is 2.36. The van der Waals surface area contributed by atoms with Crippen LogP contribution in [0.3, 0.4) is 0 Å². The van der Waals surface area contributed by atoms with Gasteiger partial charge in [0.25, 0.3) is 0 Å². The quantitative estimate of drug-likeness (QED) is 0.761. The van der Waals surface area contributed by atoms with Crippen LogP contribution in [0.25, 0.3) is 0 Å². The summed E-state index contributed by atoms with van der Waals surface area (Å²) >= 11 is 0. The van der Waals surface area contributed by atoms with E-state index in [1.807, 2.05) is 0 Å². The van der Waals surface area contributed by atoms with Crippen molar-refractivity contribution in [2.24, 2.45) is 17.8 Å². The first kappa shape index (κ1) is 13.1. The number of benzene rings is 1. The topological polar surface area (TPSA) is 9.23 Å². The van der Waals surface area contributed by atoms with E-state index in [9.17, 15) is 0 Å². The van der Waals surface area contributed by atoms with Crippen LogP contribution in [0.4, 0.5) is 0 Å². The average molecular weight is 286 g/mol. The van der Waals surface area contributed by atoms with Gasteiger partial charge >= 0.3 is 0 Å². The first-order valence-electron chi connectivity index (χ1n) is 8.30. The Labute approximate surface area is 123 Å². The summed E-state index contributed by atoms with van der Waals surface area (Å²) in [6.07, 6.45) is 8.54. The van der Waals surface area contributed by atoms with Crippen LogP contribution < -0.4 is 5.19 Å². The molecule has 4 bridgehead atoms. The summed E-state index contributed by atoms with van der Waals surface area (Å²) in [6, 6.07) is 11.0. The normalized spacial score (nSPS) is 39.2. The summed E-state index contributed by atoms with van der Waals surface area (Å²) in [7, 11) is -1.76. The van der Waals surface area contributed by atoms with E-state index in [1.54, 1.807) is 0 Å². The van der Waals surface area contributed by atoms with Gasteiger partial charge in [0.05, 0.1) is 5.60 Å². The van der Waals surface area contributed by atoms with Crippen molar-refractivity contribution < 1.29 is 4.43 Å². The van der Waals surface area contributed by atoms with Crippen LogP contribution in [0, 0.1) is 17.8 Å². The summed E-state index contributed by atoms with van der Waals surface area (Å²) in [5.41, 5.74) is 0.250. The second-order valence-electron chi connectivity index (χ2n) is 8.08. The third-order valence-corrected chi connectivity index (χ3v) is 8.59. The number of hydrogen-bond donors (Lipinski definition) is 0. The molecule has 4 aliphatic carbocycles. The van der Waals surface area contributed by atoms with E-state index < -0.39 is 8.32 Å². The van der Waals surface area contributed by atoms with Gasteiger partial charge in [-0.1, -0.05) is 30.3 Å². The molecule has 0 amide bonds. The van der Waals surface area contributed by atoms with E-state index in [-0.39, 0.29) is 5.60 Å². The van der Waals surface area contributed by atoms with E-state index in [2.05, 4.69) is 43.4 Å². The molecular weight excluding hydrogens is 260 g/mol. The lowest BCUT2D eigenvalue weighted by molar-refractivity contribution is -0.111. The Morgan fingerprint density at radius 3 is 1.90 bits per heavy atom. The van der Waals surface area contributed by atoms with Crippen molar-refractivity contribution in [3.63, 3.8) is 0 Å². The van der Waals surface area contributed by atoms with E-state index in [1.165, 1.54) is 43.7 Å². The van der Waals surface area contributed by atoms with Crippen molar-refractivity contribution in [2.45, 2.75) is 57.2 Å². The molecule has 0 atom stereocenters. The maximum atomic E-state index is 6.96. The molecule has 0 N–H and O–H groups in total. The Morgan fingerprint density at radius 2 is 1.40 bits per heavy atom. The molecule has 0 radical (unpaired) electrons. The SMILES string of the molecule is C[Si](C)(OC12CC3CC(CC(C3)C1)C2)c1ccccc1. The van der Waals surface area contributed by atoms with Crippen molar-refractivity contribution in [1.29, 1.82) is 0 Å². The molecule has 1 nitrogen and oxygen atoms in total. The number of rotatable bonds is 3. The largest absolute Gasteiger partial charge is 0.407 e. The molecule has 0 saturated heterocycles. The highest BCUT2D eigenvalue weighted by Crippen LogP contribution is 2.57. The second kappa shape index (κ2) is 4.44. The van der Waals surface area contributed by atoms with Gasteiger partial charge in [0.15, 0.2) is 0 Å². The molecule has 1 aromatic rings. The minimum absolute atomic E-state index is 0.250. The predicted molar refractivity (Wildman–Crippen MR) is 85.5 cm³/mol. The molecule has 4 saturated carbocycles. The molecule has 0 aromatic heterocycles. The lowest BCUT2D eigenvalue weighted by atomic mass is 9.54. The summed E-state index contributed by atoms with van der Waals surface area (Å²) < 4.78 is 6.96. The monoisotopic (exact) mass is 286 g/mol. The van der Waals surface area contributed by atoms with E-state index in [0.717, 1.165) is 17.8 Å². The van der Waals surface area contributed by atoms with E-state index >= 15 is 0 Å². The summed E-state index contributed by atoms with van der Waals surface area (Å²) in [4.78, 5) is 0. The van der Waals surface area contributed by atoms with Crippen molar-refractivity contribution in [2.75, 3.05) is 0 Å². The van der Waals surface area contributed by atoms with Gasteiger partial charge in [-0.15, -0.1) is 0 Å². The highest BCUT2D eigenvalue weighted by Gasteiger charge is 2.53. The Hall–Kier alpha value is -0.603. The smallest absolute Gasteiger partial charge is 0.218 e. The number of hydrogen-bond acceptors (Lipinski definition) is 1. The lowest BCUT2D eigenvalue weighted by Gasteiger charge is -2.58. The van der Waals surface area contributed by atoms with Crippen molar-refractivity contribution in [3.8, 4) is 0 Å². The second-order valence-corrected chi connectivity index (χ2v) is 11.9. The van der Waals surface area contributed by atoms with Crippen LogP contribution >= 0.6 is 0 Å². The van der Waals surface area contributed by atoms with Crippen molar-refractivity contribution >= 4 is 13.5 Å². The molecule has 20 heavy (non-hydrogen) atoms. The highest BCUT2D eigenvalue weighted by molar-refractivity contribution is 6.84. The van der Waals surface area contributed by atoms with Crippen LogP contribution in [0.15, 0.2) is 30.3 Å². The molecule has 0 unspecified atom stereocenters. The maximum absolute atomic E-state index is 6.96. The zero-order valence-electron chi connectivity index (χ0n) is 12.8. The third-order valence-electron chi connectivity index (χ3n) is 5.92. The van der Waals surface area contributed by atoms with Crippen LogP contribution in [-0.4, -0.2) is 13.9 Å². The van der Waals surface area contributed by atoms with Crippen molar-refractivity contribution in [3.05, 3.63) is 30.3 Å². The summed E-state index contributed by atoms with van der Waals surface area (Å²) in [5, 5.41) is 1.45. The van der Waals surface area contributed by atoms with Crippen LogP contribution in [-0.2, 0) is 4.43 Å². The standard InChI is InChI=1S/C18H26OSi/c1-20(2,17-6-4-3-5-7-17)19-18-11-14-8-15(12-18)10-16(9-14)13-18/h3-7,14-16H,8-13H2,1-2H3. The fraction of sp³-hybridized carbons (Fsp3) is 0.667. The lowest BCUT2D eigenvalue weighted by Crippen LogP contribution is -2.59. The molecule has 1 aromatic carbocycles. The zero-order valence-corrected chi connectivity index (χ0v) is 13.8. The molecule has 108 valence electrons. The summed E-state index contributed by atoms with van der Waals surface area (Å²) in [5.74, 6) is 2.92. The highest BCUT2D eigenvalue weighted by atomic mass is 28.4. The van der Waals surface area contributed by atoms with Gasteiger partial charge in [0, 0.05) is 0 Å². The molecule has 5 rings (SSSR count). The zero-order chi connectivity index (χ0) is 13.8. The van der Waals surface area contributed by atoms with E-state index in [0.29, 0.717) is 0 Å². The predicted octanol–water partition coefficient (Wildman–Crippen LogP) is 4.08. The first-order valence-corrected chi connectivity index (χ1v) is 11.2. The molecular formula is C18H26OSi. The molecule has 0 heterocycles. The molecule has 4 aliphatic rings. The van der Waals surface area contributed by atoms with Gasteiger partial charge in [-0.25, -0.2) is 0 Å². The van der Waals surface area contributed by atoms with E-state index in [4.69, 9.17) is 4.43 Å². The maximum Gasteiger partial charge on any atom is 0.218 e. The molecule has 0 spiro atoms. The van der Waals surface area contributed by atoms with Gasteiger partial charge in [0.1, 0.15) is 0 Å². The molecule has 4 fully saturated rings. The molecule has 2 heteroatoms.